The van der Waals surface area contributed by atoms with E-state index in [0.717, 1.165) is 19.4 Å². The molecular formula is C25H33ClF3N3O3. The number of nitrogens with zero attached hydrogens (tertiary/aromatic N) is 2. The Morgan fingerprint density at radius 3 is 2.69 bits per heavy atom. The minimum atomic E-state index is -4.83. The van der Waals surface area contributed by atoms with Crippen LogP contribution in [0.3, 0.4) is 0 Å². The minimum absolute atomic E-state index is 0.221. The molecule has 1 fully saturated rings. The van der Waals surface area contributed by atoms with Crippen LogP contribution in [0.1, 0.15) is 44.6 Å². The first-order chi connectivity index (χ1) is 16.4. The van der Waals surface area contributed by atoms with E-state index in [4.69, 9.17) is 11.6 Å². The van der Waals surface area contributed by atoms with E-state index in [1.54, 1.807) is 12.1 Å². The second kappa shape index (κ2) is 11.3. The summed E-state index contributed by atoms with van der Waals surface area (Å²) in [6.45, 7) is 3.44. The van der Waals surface area contributed by atoms with E-state index in [1.807, 2.05) is 25.9 Å². The number of carbonyl (C=O) groups is 1. The van der Waals surface area contributed by atoms with Crippen LogP contribution in [0.15, 0.2) is 41.1 Å². The zero-order chi connectivity index (χ0) is 25.8. The molecule has 1 aliphatic heterocycles. The molecule has 1 aromatic rings. The monoisotopic (exact) mass is 515 g/mol. The second-order valence-corrected chi connectivity index (χ2v) is 10.0. The molecule has 0 spiro atoms. The number of hydrogen-bond donors (Lipinski definition) is 1. The van der Waals surface area contributed by atoms with E-state index in [-0.39, 0.29) is 28.2 Å². The number of carbonyl (C=O) groups excluding carboxylic acids is 1. The predicted octanol–water partition coefficient (Wildman–Crippen LogP) is 5.39. The smallest absolute Gasteiger partial charge is 0.573 e. The van der Waals surface area contributed by atoms with E-state index >= 15 is 0 Å². The maximum absolute atomic E-state index is 13.5. The van der Waals surface area contributed by atoms with Crippen LogP contribution in [0.4, 0.5) is 13.2 Å². The van der Waals surface area contributed by atoms with Crippen molar-refractivity contribution in [3.05, 3.63) is 51.8 Å². The molecule has 3 atom stereocenters. The van der Waals surface area contributed by atoms with Crippen molar-refractivity contribution in [3.63, 3.8) is 0 Å². The average molecular weight is 516 g/mol. The third-order valence-electron chi connectivity index (χ3n) is 6.59. The van der Waals surface area contributed by atoms with Crippen molar-refractivity contribution in [2.75, 3.05) is 33.7 Å². The van der Waals surface area contributed by atoms with Crippen molar-refractivity contribution in [2.45, 2.75) is 51.4 Å². The van der Waals surface area contributed by atoms with Gasteiger partial charge in [-0.2, -0.15) is 0 Å². The Morgan fingerprint density at radius 2 is 2.00 bits per heavy atom. The number of benzene rings is 1. The molecule has 194 valence electrons. The number of likely N-dealkylation sites (tertiary alicyclic amines) is 1. The van der Waals surface area contributed by atoms with Gasteiger partial charge in [0.1, 0.15) is 5.75 Å². The van der Waals surface area contributed by atoms with Crippen molar-refractivity contribution in [2.24, 2.45) is 5.92 Å². The molecule has 3 rings (SSSR count). The van der Waals surface area contributed by atoms with Crippen molar-refractivity contribution in [3.8, 4) is 5.75 Å². The summed E-state index contributed by atoms with van der Waals surface area (Å²) in [6, 6.07) is 5.16. The topological polar surface area (TPSA) is 64.6 Å². The Labute approximate surface area is 209 Å². The Kier molecular flexibility index (Phi) is 8.91. The Hall–Kier alpha value is -2.07. The van der Waals surface area contributed by atoms with Gasteiger partial charge in [0.25, 0.3) is 5.91 Å². The lowest BCUT2D eigenvalue weighted by atomic mass is 9.88. The molecule has 2 aliphatic rings. The highest BCUT2D eigenvalue weighted by atomic mass is 35.5. The molecule has 1 saturated heterocycles. The molecule has 10 heteroatoms. The van der Waals surface area contributed by atoms with Crippen LogP contribution in [0, 0.1) is 11.1 Å². The van der Waals surface area contributed by atoms with Gasteiger partial charge < -0.3 is 24.8 Å². The van der Waals surface area contributed by atoms with Gasteiger partial charge in [-0.25, -0.2) is 0 Å². The molecule has 0 saturated carbocycles. The highest BCUT2D eigenvalue weighted by Gasteiger charge is 2.38. The van der Waals surface area contributed by atoms with Crippen molar-refractivity contribution >= 4 is 23.1 Å². The molecule has 35 heavy (non-hydrogen) atoms. The maximum Gasteiger partial charge on any atom is 0.573 e. The molecule has 3 unspecified atom stereocenters. The van der Waals surface area contributed by atoms with E-state index in [0.29, 0.717) is 43.6 Å². The van der Waals surface area contributed by atoms with Gasteiger partial charge in [0, 0.05) is 41.6 Å². The average Bonchev–Trinajstić information content (AvgIpc) is 2.75. The van der Waals surface area contributed by atoms with E-state index in [2.05, 4.69) is 10.1 Å². The third-order valence-corrected chi connectivity index (χ3v) is 6.93. The van der Waals surface area contributed by atoms with Crippen LogP contribution in [-0.2, 0) is 4.79 Å². The number of alkyl halides is 3. The summed E-state index contributed by atoms with van der Waals surface area (Å²) in [7, 11) is 3.90. The van der Waals surface area contributed by atoms with Crippen LogP contribution in [-0.4, -0.2) is 61.6 Å². The predicted molar refractivity (Wildman–Crippen MR) is 130 cm³/mol. The molecule has 1 heterocycles. The number of rotatable bonds is 8. The van der Waals surface area contributed by atoms with Crippen LogP contribution in [0.2, 0.25) is 0 Å². The molecule has 6 nitrogen and oxygen atoms in total. The first kappa shape index (κ1) is 27.5. The summed E-state index contributed by atoms with van der Waals surface area (Å²) < 4.78 is 42.3. The number of allylic oxidation sites excluding steroid dienone is 4. The summed E-state index contributed by atoms with van der Waals surface area (Å²) >= 11 is 6.49. The van der Waals surface area contributed by atoms with Gasteiger partial charge >= 0.3 is 6.36 Å². The van der Waals surface area contributed by atoms with E-state index in [1.165, 1.54) is 18.2 Å². The summed E-state index contributed by atoms with van der Waals surface area (Å²) in [5.74, 6) is -0.868. The number of para-hydroxylation sites is 1. The van der Waals surface area contributed by atoms with Crippen molar-refractivity contribution in [1.82, 2.24) is 10.2 Å². The number of quaternary nitrogens is 1. The summed E-state index contributed by atoms with van der Waals surface area (Å²) in [6.07, 6.45) is -0.0918. The lowest BCUT2D eigenvalue weighted by molar-refractivity contribution is -0.901. The highest BCUT2D eigenvalue weighted by Crippen LogP contribution is 2.41. The molecule has 0 bridgehead atoms. The number of amides is 1. The highest BCUT2D eigenvalue weighted by molar-refractivity contribution is 6.34. The number of hydrogen-bond acceptors (Lipinski definition) is 4. The second-order valence-electron chi connectivity index (χ2n) is 9.63. The molecule has 0 radical (unpaired) electrons. The fourth-order valence-electron chi connectivity index (χ4n) is 4.81. The summed E-state index contributed by atoms with van der Waals surface area (Å²) in [5.41, 5.74) is 1.32. The standard InChI is InChI=1S/C25H33ClF3N3O3/c1-17-15-19(18-9-4-5-11-23(18)35-25(27,28)29)20(26)16-21(17)30-24(33)22-10-6-7-13-32(22,34)14-8-12-31(2)3/h4-5,9,11,16-17,22H,6-8,10,12-15H2,1-3H3,(H,30,33). The fraction of sp³-hybridized carbons (Fsp3) is 0.560. The first-order valence-electron chi connectivity index (χ1n) is 11.9. The van der Waals surface area contributed by atoms with Gasteiger partial charge in [-0.05, 0) is 51.1 Å². The Morgan fingerprint density at radius 1 is 1.29 bits per heavy atom. The van der Waals surface area contributed by atoms with Gasteiger partial charge in [0.15, 0.2) is 6.04 Å². The van der Waals surface area contributed by atoms with Crippen molar-refractivity contribution < 1.29 is 27.3 Å². The van der Waals surface area contributed by atoms with Gasteiger partial charge in [-0.3, -0.25) is 4.79 Å². The normalized spacial score (nSPS) is 25.5. The number of piperidine rings is 1. The van der Waals surface area contributed by atoms with Gasteiger partial charge in [0.2, 0.25) is 0 Å². The Balaban J connectivity index is 1.79. The molecular weight excluding hydrogens is 483 g/mol. The molecule has 1 amide bonds. The first-order valence-corrected chi connectivity index (χ1v) is 12.3. The molecule has 1 aliphatic carbocycles. The fourth-order valence-corrected chi connectivity index (χ4v) is 5.10. The number of halogens is 4. The van der Waals surface area contributed by atoms with Crippen molar-refractivity contribution in [1.29, 1.82) is 0 Å². The largest absolute Gasteiger partial charge is 0.632 e. The number of nitrogens with one attached hydrogen (secondary N) is 1. The SMILES string of the molecule is CC1CC(c2ccccc2OC(F)(F)F)=C(Cl)C=C1NC(=O)C1CCCC[N+]1([O-])CCCN(C)C. The van der Waals surface area contributed by atoms with E-state index < -0.39 is 17.1 Å². The quantitative estimate of drug-likeness (QED) is 0.372. The maximum atomic E-state index is 13.5. The summed E-state index contributed by atoms with van der Waals surface area (Å²) in [5, 5.41) is 16.7. The Bertz CT molecular complexity index is 980. The van der Waals surface area contributed by atoms with Crippen LogP contribution < -0.4 is 10.1 Å². The lowest BCUT2D eigenvalue weighted by Gasteiger charge is -2.50. The zero-order valence-corrected chi connectivity index (χ0v) is 21.1. The van der Waals surface area contributed by atoms with Gasteiger partial charge in [-0.1, -0.05) is 36.7 Å². The minimum Gasteiger partial charge on any atom is -0.632 e. The molecule has 1 N–H and O–H groups in total. The zero-order valence-electron chi connectivity index (χ0n) is 20.3. The third kappa shape index (κ3) is 7.22. The van der Waals surface area contributed by atoms with E-state index in [9.17, 15) is 23.2 Å². The summed E-state index contributed by atoms with van der Waals surface area (Å²) in [4.78, 5) is 15.2. The van der Waals surface area contributed by atoms with Crippen LogP contribution >= 0.6 is 11.6 Å². The van der Waals surface area contributed by atoms with Crippen LogP contribution in [0.25, 0.3) is 5.57 Å². The molecule has 1 aromatic carbocycles. The molecule has 0 aromatic heterocycles. The number of ether oxygens (including phenoxy) is 1. The van der Waals surface area contributed by atoms with Gasteiger partial charge in [-0.15, -0.1) is 13.2 Å². The number of hydroxylamine groups is 3. The lowest BCUT2D eigenvalue weighted by Crippen LogP contribution is -2.60. The van der Waals surface area contributed by atoms with Gasteiger partial charge in [0.05, 0.1) is 13.1 Å². The van der Waals surface area contributed by atoms with Crippen LogP contribution in [0.5, 0.6) is 5.75 Å².